The Bertz CT molecular complexity index is 1280. The van der Waals surface area contributed by atoms with Gasteiger partial charge in [-0.1, -0.05) is 6.07 Å². The molecular weight excluding hydrogens is 480 g/mol. The monoisotopic (exact) mass is 512 g/mol. The van der Waals surface area contributed by atoms with Crippen LogP contribution in [-0.4, -0.2) is 45.0 Å². The first-order chi connectivity index (χ1) is 17.1. The molecule has 0 saturated carbocycles. The number of nitrogens with zero attached hydrogens (tertiary/aromatic N) is 2. The molecule has 2 aromatic carbocycles. The van der Waals surface area contributed by atoms with Crippen LogP contribution in [0.25, 0.3) is 10.9 Å². The number of allylic oxidation sites excluding steroid dienone is 1. The zero-order chi connectivity index (χ0) is 24.4. The third kappa shape index (κ3) is 4.82. The van der Waals surface area contributed by atoms with Crippen molar-refractivity contribution in [1.29, 1.82) is 0 Å². The van der Waals surface area contributed by atoms with Gasteiger partial charge >= 0.3 is 0 Å². The molecule has 0 bridgehead atoms. The van der Waals surface area contributed by atoms with Gasteiger partial charge in [0.05, 0.1) is 45.7 Å². The second kappa shape index (κ2) is 11.1. The highest BCUT2D eigenvalue weighted by Crippen LogP contribution is 2.44. The van der Waals surface area contributed by atoms with Gasteiger partial charge in [0, 0.05) is 23.7 Å². The summed E-state index contributed by atoms with van der Waals surface area (Å²) in [5, 5.41) is 8.05. The van der Waals surface area contributed by atoms with Gasteiger partial charge in [-0.15, -0.1) is 12.4 Å². The summed E-state index contributed by atoms with van der Waals surface area (Å²) in [6, 6.07) is 9.99. The smallest absolute Gasteiger partial charge is 0.223 e. The van der Waals surface area contributed by atoms with E-state index in [1.165, 1.54) is 24.1 Å². The molecule has 0 radical (unpaired) electrons. The number of nitrogens with one attached hydrogen (secondary N) is 2. The van der Waals surface area contributed by atoms with Gasteiger partial charge in [-0.05, 0) is 61.4 Å². The molecular formula is C27H33ClN4O4. The van der Waals surface area contributed by atoms with Crippen LogP contribution in [0.3, 0.4) is 0 Å². The molecule has 36 heavy (non-hydrogen) atoms. The predicted octanol–water partition coefficient (Wildman–Crippen LogP) is 5.21. The lowest BCUT2D eigenvalue weighted by molar-refractivity contribution is 0.354. The summed E-state index contributed by atoms with van der Waals surface area (Å²) in [6.45, 7) is 0.680. The van der Waals surface area contributed by atoms with Gasteiger partial charge in [0.25, 0.3) is 0 Å². The van der Waals surface area contributed by atoms with Gasteiger partial charge in [-0.3, -0.25) is 0 Å². The van der Waals surface area contributed by atoms with Crippen molar-refractivity contribution in [3.8, 4) is 23.0 Å². The molecule has 2 heterocycles. The fourth-order valence-corrected chi connectivity index (χ4v) is 4.96. The summed E-state index contributed by atoms with van der Waals surface area (Å²) < 4.78 is 21.9. The third-order valence-electron chi connectivity index (χ3n) is 6.83. The minimum Gasteiger partial charge on any atom is -0.493 e. The Kier molecular flexibility index (Phi) is 7.94. The highest BCUT2D eigenvalue weighted by Gasteiger charge is 2.34. The van der Waals surface area contributed by atoms with Gasteiger partial charge in [0.1, 0.15) is 0 Å². The van der Waals surface area contributed by atoms with E-state index in [4.69, 9.17) is 28.9 Å². The Morgan fingerprint density at radius 3 is 2.28 bits per heavy atom. The molecule has 2 aliphatic rings. The number of rotatable bonds is 9. The number of methoxy groups -OCH3 is 4. The largest absolute Gasteiger partial charge is 0.493 e. The van der Waals surface area contributed by atoms with Crippen molar-refractivity contribution in [2.24, 2.45) is 0 Å². The van der Waals surface area contributed by atoms with E-state index in [-0.39, 0.29) is 18.4 Å². The van der Waals surface area contributed by atoms with Gasteiger partial charge in [-0.25, -0.2) is 9.97 Å². The van der Waals surface area contributed by atoms with Crippen molar-refractivity contribution < 1.29 is 18.9 Å². The maximum atomic E-state index is 5.57. The summed E-state index contributed by atoms with van der Waals surface area (Å²) in [4.78, 5) is 9.79. The van der Waals surface area contributed by atoms with E-state index in [1.54, 1.807) is 28.4 Å². The molecule has 1 atom stereocenters. The van der Waals surface area contributed by atoms with Crippen LogP contribution in [0, 0.1) is 0 Å². The molecule has 0 spiro atoms. The van der Waals surface area contributed by atoms with Crippen LogP contribution >= 0.6 is 12.4 Å². The van der Waals surface area contributed by atoms with E-state index in [9.17, 15) is 0 Å². The number of hydrogen-bond acceptors (Lipinski definition) is 8. The second-order valence-electron chi connectivity index (χ2n) is 8.81. The lowest BCUT2D eigenvalue weighted by atomic mass is 9.82. The first kappa shape index (κ1) is 25.7. The molecule has 1 aromatic heterocycles. The van der Waals surface area contributed by atoms with E-state index in [0.717, 1.165) is 52.9 Å². The number of ether oxygens (including phenoxy) is 4. The number of aromatic nitrogens is 2. The summed E-state index contributed by atoms with van der Waals surface area (Å²) in [5.41, 5.74) is 5.80. The van der Waals surface area contributed by atoms with Gasteiger partial charge < -0.3 is 29.6 Å². The number of halogens is 1. The number of anilines is 1. The average molecular weight is 513 g/mol. The average Bonchev–Trinajstić information content (AvgIpc) is 2.88. The zero-order valence-electron chi connectivity index (χ0n) is 21.1. The summed E-state index contributed by atoms with van der Waals surface area (Å²) in [5.74, 6) is 3.38. The Hall–Kier alpha value is -3.39. The summed E-state index contributed by atoms with van der Waals surface area (Å²) in [6.07, 6.45) is 5.51. The molecule has 192 valence electrons. The molecule has 0 saturated heterocycles. The van der Waals surface area contributed by atoms with Gasteiger partial charge in [0.15, 0.2) is 23.0 Å². The number of hydrogen-bond donors (Lipinski definition) is 2. The Labute approximate surface area is 217 Å². The third-order valence-corrected chi connectivity index (χ3v) is 6.83. The summed E-state index contributed by atoms with van der Waals surface area (Å²) >= 11 is 0. The first-order valence-electron chi connectivity index (χ1n) is 12.0. The molecule has 1 unspecified atom stereocenters. The number of fused-ring (bicyclic) bond motifs is 1. The molecule has 0 fully saturated rings. The molecule has 1 aliphatic carbocycles. The van der Waals surface area contributed by atoms with E-state index < -0.39 is 0 Å². The zero-order valence-corrected chi connectivity index (χ0v) is 22.0. The van der Waals surface area contributed by atoms with E-state index >= 15 is 0 Å². The van der Waals surface area contributed by atoms with Crippen molar-refractivity contribution in [1.82, 2.24) is 15.3 Å². The molecule has 5 rings (SSSR count). The molecule has 0 amide bonds. The van der Waals surface area contributed by atoms with E-state index in [0.29, 0.717) is 24.0 Å². The normalized spacial score (nSPS) is 16.3. The lowest BCUT2D eigenvalue weighted by Crippen LogP contribution is -2.37. The minimum absolute atomic E-state index is 0. The summed E-state index contributed by atoms with van der Waals surface area (Å²) in [7, 11) is 6.58. The van der Waals surface area contributed by atoms with Crippen LogP contribution in [-0.2, 0) is 6.42 Å². The van der Waals surface area contributed by atoms with Crippen LogP contribution in [0.2, 0.25) is 0 Å². The van der Waals surface area contributed by atoms with Crippen LogP contribution in [0.4, 0.5) is 5.95 Å². The molecule has 3 aromatic rings. The predicted molar refractivity (Wildman–Crippen MR) is 143 cm³/mol. The fraction of sp³-hybridized carbons (Fsp3) is 0.407. The molecule has 9 heteroatoms. The standard InChI is InChI=1S/C27H32N4O4.ClH/c1-32-21-10-9-16(13-22(21)33-2)11-12-28-27-30-20-15-24(35-4)23(34-3)14-18(20)26(31-27)25-17-7-5-6-8-19(17)29-25;/h9-10,13-15,25,29H,5-8,11-12H2,1-4H3,(H,28,30,31);1H. The molecule has 1 aliphatic heterocycles. The van der Waals surface area contributed by atoms with Crippen molar-refractivity contribution in [2.45, 2.75) is 38.1 Å². The maximum Gasteiger partial charge on any atom is 0.223 e. The van der Waals surface area contributed by atoms with Crippen molar-refractivity contribution in [3.05, 3.63) is 52.9 Å². The second-order valence-corrected chi connectivity index (χ2v) is 8.81. The van der Waals surface area contributed by atoms with Crippen LogP contribution in [0.15, 0.2) is 41.6 Å². The molecule has 8 nitrogen and oxygen atoms in total. The SMILES string of the molecule is COc1ccc(CCNc2nc(C3NC4=C3CCCC4)c3cc(OC)c(OC)cc3n2)cc1OC.Cl. The van der Waals surface area contributed by atoms with Crippen molar-refractivity contribution in [2.75, 3.05) is 40.3 Å². The van der Waals surface area contributed by atoms with Crippen LogP contribution in [0.1, 0.15) is 43.0 Å². The quantitative estimate of drug-likeness (QED) is 0.404. The minimum atomic E-state index is 0. The lowest BCUT2D eigenvalue weighted by Gasteiger charge is -2.39. The van der Waals surface area contributed by atoms with Gasteiger partial charge in [-0.2, -0.15) is 0 Å². The Morgan fingerprint density at radius 2 is 1.56 bits per heavy atom. The van der Waals surface area contributed by atoms with Crippen molar-refractivity contribution >= 4 is 29.3 Å². The highest BCUT2D eigenvalue weighted by molar-refractivity contribution is 5.87. The molecule has 2 N–H and O–H groups in total. The highest BCUT2D eigenvalue weighted by atomic mass is 35.5. The van der Waals surface area contributed by atoms with Crippen LogP contribution < -0.4 is 29.6 Å². The fourth-order valence-electron chi connectivity index (χ4n) is 4.96. The van der Waals surface area contributed by atoms with E-state index in [1.807, 2.05) is 30.3 Å². The van der Waals surface area contributed by atoms with Crippen LogP contribution in [0.5, 0.6) is 23.0 Å². The maximum absolute atomic E-state index is 5.57. The first-order valence-corrected chi connectivity index (χ1v) is 12.0. The Balaban J connectivity index is 0.00000304. The van der Waals surface area contributed by atoms with Crippen molar-refractivity contribution in [3.63, 3.8) is 0 Å². The van der Waals surface area contributed by atoms with E-state index in [2.05, 4.69) is 10.6 Å². The Morgan fingerprint density at radius 1 is 0.861 bits per heavy atom. The van der Waals surface area contributed by atoms with Gasteiger partial charge in [0.2, 0.25) is 5.95 Å². The topological polar surface area (TPSA) is 86.8 Å². The number of benzene rings is 2.